The maximum Gasteiger partial charge on any atom is 0.343 e. The minimum absolute atomic E-state index is 0.0744. The number of benzene rings is 3. The van der Waals surface area contributed by atoms with E-state index < -0.39 is 11.7 Å². The first kappa shape index (κ1) is 19.4. The van der Waals surface area contributed by atoms with Crippen molar-refractivity contribution in [2.75, 3.05) is 0 Å². The van der Waals surface area contributed by atoms with Crippen LogP contribution in [0.4, 0.5) is 0 Å². The van der Waals surface area contributed by atoms with Crippen molar-refractivity contribution < 1.29 is 14.6 Å². The Hall–Kier alpha value is -2.89. The summed E-state index contributed by atoms with van der Waals surface area (Å²) in [7, 11) is 0. The summed E-state index contributed by atoms with van der Waals surface area (Å²) in [5, 5.41) is 21.5. The van der Waals surface area contributed by atoms with Crippen LogP contribution in [-0.2, 0) is 6.42 Å². The lowest BCUT2D eigenvalue weighted by Crippen LogP contribution is -2.10. The number of halogens is 1. The zero-order valence-corrected chi connectivity index (χ0v) is 17.1. The zero-order valence-electron chi connectivity index (χ0n) is 15.5. The van der Waals surface area contributed by atoms with Gasteiger partial charge in [0.05, 0.1) is 17.1 Å². The fourth-order valence-electron chi connectivity index (χ4n) is 3.38. The molecule has 4 rings (SSSR count). The van der Waals surface area contributed by atoms with E-state index in [2.05, 4.69) is 15.9 Å². The smallest absolute Gasteiger partial charge is 0.343 e. The Morgan fingerprint density at radius 2 is 1.52 bits per heavy atom. The van der Waals surface area contributed by atoms with Gasteiger partial charge in [-0.2, -0.15) is 0 Å². The van der Waals surface area contributed by atoms with Crippen molar-refractivity contribution in [2.24, 2.45) is 0 Å². The molecule has 3 aromatic carbocycles. The summed E-state index contributed by atoms with van der Waals surface area (Å²) in [5.74, 6) is -0.0744. The predicted octanol–water partition coefficient (Wildman–Crippen LogP) is 5.59. The van der Waals surface area contributed by atoms with E-state index in [0.717, 1.165) is 21.2 Å². The molecule has 0 aliphatic carbocycles. The van der Waals surface area contributed by atoms with E-state index >= 15 is 0 Å². The number of hydrogen-bond acceptors (Lipinski definition) is 4. The van der Waals surface area contributed by atoms with Crippen molar-refractivity contribution in [3.8, 4) is 16.9 Å². The second-order valence-corrected chi connectivity index (χ2v) is 7.81. The molecule has 4 aromatic rings. The fraction of sp³-hybridized carbons (Fsp3) is 0.125. The maximum atomic E-state index is 12.2. The molecule has 146 valence electrons. The number of aromatic hydroxyl groups is 1. The van der Waals surface area contributed by atoms with Crippen molar-refractivity contribution in [3.05, 3.63) is 98.8 Å². The Morgan fingerprint density at radius 3 is 2.21 bits per heavy atom. The van der Waals surface area contributed by atoms with Crippen LogP contribution in [0.3, 0.4) is 0 Å². The Balaban J connectivity index is 1.50. The average Bonchev–Trinajstić information content (AvgIpc) is 2.74. The molecular formula is C24H19BrO4. The highest BCUT2D eigenvalue weighted by molar-refractivity contribution is 9.10. The minimum Gasteiger partial charge on any atom is -0.507 e. The minimum atomic E-state index is -0.751. The predicted molar refractivity (Wildman–Crippen MR) is 117 cm³/mol. The van der Waals surface area contributed by atoms with Crippen molar-refractivity contribution in [1.29, 1.82) is 0 Å². The van der Waals surface area contributed by atoms with Crippen LogP contribution in [0.15, 0.2) is 86.5 Å². The molecule has 29 heavy (non-hydrogen) atoms. The van der Waals surface area contributed by atoms with Gasteiger partial charge in [0.2, 0.25) is 0 Å². The van der Waals surface area contributed by atoms with Crippen molar-refractivity contribution in [2.45, 2.75) is 18.9 Å². The summed E-state index contributed by atoms with van der Waals surface area (Å²) in [6.45, 7) is 0. The van der Waals surface area contributed by atoms with Gasteiger partial charge in [-0.15, -0.1) is 0 Å². The van der Waals surface area contributed by atoms with Crippen LogP contribution in [0.1, 0.15) is 23.7 Å². The van der Waals surface area contributed by atoms with Gasteiger partial charge in [-0.1, -0.05) is 64.5 Å². The first-order valence-corrected chi connectivity index (χ1v) is 10.1. The van der Waals surface area contributed by atoms with Gasteiger partial charge in [-0.05, 0) is 53.8 Å². The normalized spacial score (nSPS) is 12.2. The van der Waals surface area contributed by atoms with Crippen LogP contribution >= 0.6 is 15.9 Å². The molecule has 1 aromatic heterocycles. The molecule has 0 spiro atoms. The van der Waals surface area contributed by atoms with Crippen molar-refractivity contribution in [3.63, 3.8) is 0 Å². The molecule has 0 fully saturated rings. The highest BCUT2D eigenvalue weighted by Gasteiger charge is 2.16. The lowest BCUT2D eigenvalue weighted by molar-refractivity contribution is 0.167. The monoisotopic (exact) mass is 450 g/mol. The molecule has 1 unspecified atom stereocenters. The van der Waals surface area contributed by atoms with Crippen molar-refractivity contribution >= 4 is 26.9 Å². The lowest BCUT2D eigenvalue weighted by Gasteiger charge is -2.12. The Morgan fingerprint density at radius 1 is 0.897 bits per heavy atom. The van der Waals surface area contributed by atoms with Gasteiger partial charge in [-0.25, -0.2) is 4.79 Å². The molecule has 0 aliphatic heterocycles. The van der Waals surface area contributed by atoms with E-state index in [9.17, 15) is 15.0 Å². The number of aliphatic hydroxyl groups excluding tert-OH is 1. The topological polar surface area (TPSA) is 70.7 Å². The Bertz CT molecular complexity index is 1190. The molecule has 1 heterocycles. The fourth-order valence-corrected chi connectivity index (χ4v) is 3.64. The SMILES string of the molecule is O=c1oc2ccccc2c(O)c1CCC(O)c1ccc(-c2ccc(Br)cc2)cc1. The van der Waals surface area contributed by atoms with Crippen LogP contribution in [0.5, 0.6) is 5.75 Å². The Kier molecular flexibility index (Phi) is 5.51. The van der Waals surface area contributed by atoms with E-state index in [-0.39, 0.29) is 17.7 Å². The van der Waals surface area contributed by atoms with Crippen LogP contribution in [0.2, 0.25) is 0 Å². The third kappa shape index (κ3) is 4.11. The van der Waals surface area contributed by atoms with Crippen LogP contribution < -0.4 is 5.63 Å². The molecule has 1 atom stereocenters. The molecular weight excluding hydrogens is 432 g/mol. The summed E-state index contributed by atoms with van der Waals surface area (Å²) in [4.78, 5) is 12.2. The summed E-state index contributed by atoms with van der Waals surface area (Å²) < 4.78 is 6.31. The van der Waals surface area contributed by atoms with Gasteiger partial charge in [0.1, 0.15) is 11.3 Å². The summed E-state index contributed by atoms with van der Waals surface area (Å²) in [6, 6.07) is 22.6. The second kappa shape index (κ2) is 8.23. The Labute approximate surface area is 176 Å². The highest BCUT2D eigenvalue weighted by atomic mass is 79.9. The third-order valence-corrected chi connectivity index (χ3v) is 5.55. The largest absolute Gasteiger partial charge is 0.507 e. The van der Waals surface area contributed by atoms with Gasteiger partial charge >= 0.3 is 5.63 Å². The summed E-state index contributed by atoms with van der Waals surface area (Å²) in [5.41, 5.74) is 2.88. The number of para-hydroxylation sites is 1. The van der Waals surface area contributed by atoms with Crippen LogP contribution in [0.25, 0.3) is 22.1 Å². The number of rotatable bonds is 5. The number of aliphatic hydroxyl groups is 1. The molecule has 0 aliphatic rings. The first-order chi connectivity index (χ1) is 14.0. The van der Waals surface area contributed by atoms with Crippen LogP contribution in [0, 0.1) is 0 Å². The number of hydrogen-bond donors (Lipinski definition) is 2. The van der Waals surface area contributed by atoms with E-state index in [0.29, 0.717) is 17.4 Å². The summed E-state index contributed by atoms with van der Waals surface area (Å²) in [6.07, 6.45) is -0.234. The maximum absolute atomic E-state index is 12.2. The van der Waals surface area contributed by atoms with E-state index in [1.807, 2.05) is 48.5 Å². The second-order valence-electron chi connectivity index (χ2n) is 6.90. The molecule has 0 saturated carbocycles. The third-order valence-electron chi connectivity index (χ3n) is 5.02. The van der Waals surface area contributed by atoms with E-state index in [4.69, 9.17) is 4.42 Å². The lowest BCUT2D eigenvalue weighted by atomic mass is 9.98. The van der Waals surface area contributed by atoms with Gasteiger partial charge in [-0.3, -0.25) is 0 Å². The standard InChI is InChI=1S/C24H19BrO4/c25-18-11-9-16(10-12-18)15-5-7-17(8-6-15)21(26)14-13-20-23(27)19-3-1-2-4-22(19)29-24(20)28/h1-12,21,26-27H,13-14H2. The zero-order chi connectivity index (χ0) is 20.4. The molecule has 0 radical (unpaired) electrons. The van der Waals surface area contributed by atoms with E-state index in [1.54, 1.807) is 24.3 Å². The van der Waals surface area contributed by atoms with Gasteiger partial charge in [0.15, 0.2) is 0 Å². The molecule has 2 N–H and O–H groups in total. The molecule has 0 saturated heterocycles. The highest BCUT2D eigenvalue weighted by Crippen LogP contribution is 2.29. The molecule has 5 heteroatoms. The number of fused-ring (bicyclic) bond motifs is 1. The van der Waals surface area contributed by atoms with E-state index in [1.165, 1.54) is 0 Å². The summed E-state index contributed by atoms with van der Waals surface area (Å²) >= 11 is 3.43. The van der Waals surface area contributed by atoms with Gasteiger partial charge in [0.25, 0.3) is 0 Å². The molecule has 0 amide bonds. The quantitative estimate of drug-likeness (QED) is 0.388. The van der Waals surface area contributed by atoms with Crippen LogP contribution in [-0.4, -0.2) is 10.2 Å². The van der Waals surface area contributed by atoms with Crippen molar-refractivity contribution in [1.82, 2.24) is 0 Å². The average molecular weight is 451 g/mol. The molecule has 4 nitrogen and oxygen atoms in total. The molecule has 0 bridgehead atoms. The first-order valence-electron chi connectivity index (χ1n) is 9.30. The van der Waals surface area contributed by atoms with Gasteiger partial charge in [0, 0.05) is 4.47 Å². The van der Waals surface area contributed by atoms with Gasteiger partial charge < -0.3 is 14.6 Å².